The van der Waals surface area contributed by atoms with E-state index in [2.05, 4.69) is 34.2 Å². The Balaban J connectivity index is 1.40. The highest BCUT2D eigenvalue weighted by atomic mass is 32.1. The molecule has 8 heteroatoms. The lowest BCUT2D eigenvalue weighted by molar-refractivity contribution is -0.111. The Morgan fingerprint density at radius 1 is 0.385 bits per heavy atom. The van der Waals surface area contributed by atoms with Gasteiger partial charge in [-0.1, -0.05) is 48.6 Å². The molecule has 6 aromatic rings. The minimum atomic E-state index is -0.322. The highest BCUT2D eigenvalue weighted by Crippen LogP contribution is 2.40. The minimum Gasteiger partial charge on any atom is -0.354 e. The van der Waals surface area contributed by atoms with Gasteiger partial charge < -0.3 is 9.97 Å². The summed E-state index contributed by atoms with van der Waals surface area (Å²) in [6, 6.07) is 29.4. The van der Waals surface area contributed by atoms with Crippen LogP contribution in [0.4, 0.5) is 8.78 Å². The quantitative estimate of drug-likeness (QED) is 0.188. The van der Waals surface area contributed by atoms with Gasteiger partial charge in [-0.2, -0.15) is 0 Å². The van der Waals surface area contributed by atoms with E-state index in [0.29, 0.717) is 0 Å². The van der Waals surface area contributed by atoms with Gasteiger partial charge in [-0.05, 0) is 119 Å². The monoisotopic (exact) mass is 716 g/mol. The van der Waals surface area contributed by atoms with Gasteiger partial charge in [0.15, 0.2) is 11.6 Å². The Morgan fingerprint density at radius 3 is 1.13 bits per heavy atom. The van der Waals surface area contributed by atoms with E-state index < -0.39 is 0 Å². The molecule has 0 unspecified atom stereocenters. The van der Waals surface area contributed by atoms with Crippen LogP contribution in [0.3, 0.4) is 0 Å². The molecule has 4 aromatic heterocycles. The standard InChI is InChI=1S/C44H26F2N2O2S2/c45-29-9-1-25(2-10-29)41-33-17-19-35(47-33)43(27-5-13-31(49)14-6-27)39-23-24-40(52-39)44(28-7-15-32(50)16-8-28)36-20-18-34(48-36)42(38-22-21-37(41)51-38)26-3-11-30(46)12-4-26/h1-24,47-48H/b41-37-,42-38-. The molecule has 0 saturated carbocycles. The summed E-state index contributed by atoms with van der Waals surface area (Å²) in [6.45, 7) is 0. The number of benzene rings is 2. The molecule has 2 aromatic carbocycles. The maximum atomic E-state index is 14.2. The normalized spacial score (nSPS) is 17.5. The van der Waals surface area contributed by atoms with E-state index in [4.69, 9.17) is 0 Å². The van der Waals surface area contributed by atoms with Crippen LogP contribution >= 0.6 is 22.7 Å². The number of aromatic amines is 2. The molecule has 9 rings (SSSR count). The van der Waals surface area contributed by atoms with Crippen LogP contribution in [0.5, 0.6) is 0 Å². The van der Waals surface area contributed by atoms with Gasteiger partial charge in [-0.3, -0.25) is 9.59 Å². The zero-order chi connectivity index (χ0) is 35.3. The first kappa shape index (κ1) is 31.7. The smallest absolute Gasteiger partial charge is 0.178 e. The van der Waals surface area contributed by atoms with Crippen molar-refractivity contribution in [2.24, 2.45) is 0 Å². The van der Waals surface area contributed by atoms with Crippen molar-refractivity contribution >= 4 is 56.5 Å². The number of carbonyl (C=O) groups excluding carboxylic acids is 2. The van der Waals surface area contributed by atoms with Crippen LogP contribution in [0.15, 0.2) is 157 Å². The van der Waals surface area contributed by atoms with Crippen molar-refractivity contribution in [3.63, 3.8) is 0 Å². The Kier molecular flexibility index (Phi) is 7.83. The third kappa shape index (κ3) is 5.78. The number of ketones is 2. The number of allylic oxidation sites excluding steroid dienone is 10. The number of aromatic nitrogens is 2. The topological polar surface area (TPSA) is 65.7 Å². The number of halogens is 2. The number of rotatable bonds is 2. The molecular formula is C44H26F2N2O2S2. The van der Waals surface area contributed by atoms with Gasteiger partial charge in [0, 0.05) is 63.9 Å². The van der Waals surface area contributed by atoms with Gasteiger partial charge in [0.05, 0.1) is 0 Å². The van der Waals surface area contributed by atoms with Crippen LogP contribution in [-0.4, -0.2) is 21.5 Å². The first-order valence-corrected chi connectivity index (χ1v) is 18.2. The average Bonchev–Trinajstić information content (AvgIpc) is 3.99. The van der Waals surface area contributed by atoms with Gasteiger partial charge in [0.25, 0.3) is 0 Å². The van der Waals surface area contributed by atoms with E-state index in [0.717, 1.165) is 86.2 Å². The van der Waals surface area contributed by atoms with Gasteiger partial charge in [0.1, 0.15) is 11.6 Å². The zero-order valence-corrected chi connectivity index (χ0v) is 28.9. The Morgan fingerprint density at radius 2 is 0.750 bits per heavy atom. The van der Waals surface area contributed by atoms with E-state index in [9.17, 15) is 18.4 Å². The summed E-state index contributed by atoms with van der Waals surface area (Å²) in [7, 11) is 0. The SMILES string of the molecule is O=C1C=CC(=C2c3ccc([nH]3)/C(c3ccc(F)cc3)=c3/cc/c(s3)=C(\c3ccc(F)cc3)c3ccc([nH]3)C(=C3C=CC(=O)C=C3)c3ccc2s3)C=C1. The van der Waals surface area contributed by atoms with E-state index in [1.807, 2.05) is 48.6 Å². The van der Waals surface area contributed by atoms with Crippen LogP contribution in [0, 0.1) is 11.6 Å². The lowest BCUT2D eigenvalue weighted by Crippen LogP contribution is -2.07. The van der Waals surface area contributed by atoms with Crippen molar-refractivity contribution < 1.29 is 18.4 Å². The summed E-state index contributed by atoms with van der Waals surface area (Å²) < 4.78 is 30.4. The second-order valence-electron chi connectivity index (χ2n) is 12.5. The highest BCUT2D eigenvalue weighted by molar-refractivity contribution is 7.14. The van der Waals surface area contributed by atoms with Gasteiger partial charge in [-0.25, -0.2) is 8.78 Å². The average molecular weight is 717 g/mol. The molecule has 2 N–H and O–H groups in total. The number of nitrogens with one attached hydrogen (secondary N) is 2. The lowest BCUT2D eigenvalue weighted by Gasteiger charge is -2.12. The molecule has 4 nitrogen and oxygen atoms in total. The van der Waals surface area contributed by atoms with Crippen molar-refractivity contribution in [2.75, 3.05) is 0 Å². The molecule has 0 spiro atoms. The predicted octanol–water partition coefficient (Wildman–Crippen LogP) is 8.55. The first-order valence-electron chi connectivity index (χ1n) is 16.5. The van der Waals surface area contributed by atoms with E-state index in [1.54, 1.807) is 71.2 Å². The van der Waals surface area contributed by atoms with Crippen molar-refractivity contribution in [1.29, 1.82) is 0 Å². The molecule has 52 heavy (non-hydrogen) atoms. The Bertz CT molecular complexity index is 2550. The van der Waals surface area contributed by atoms with E-state index in [-0.39, 0.29) is 23.2 Å². The van der Waals surface area contributed by atoms with Crippen LogP contribution in [0.25, 0.3) is 22.3 Å². The number of hydrogen-bond donors (Lipinski definition) is 2. The third-order valence-corrected chi connectivity index (χ3v) is 11.4. The summed E-state index contributed by atoms with van der Waals surface area (Å²) in [5.74, 6) is -0.794. The Labute approximate surface area is 304 Å². The number of hydrogen-bond acceptors (Lipinski definition) is 4. The number of thiophene rings is 2. The maximum absolute atomic E-state index is 14.2. The molecule has 0 radical (unpaired) electrons. The summed E-state index contributed by atoms with van der Waals surface area (Å²) in [5, 5.41) is 0. The summed E-state index contributed by atoms with van der Waals surface area (Å²) in [4.78, 5) is 33.7. The second kappa shape index (κ2) is 12.8. The molecule has 0 amide bonds. The molecule has 8 bridgehead atoms. The molecular weight excluding hydrogens is 691 g/mol. The number of carbonyl (C=O) groups is 2. The van der Waals surface area contributed by atoms with Crippen molar-refractivity contribution in [2.45, 2.75) is 0 Å². The van der Waals surface area contributed by atoms with Crippen LogP contribution in [-0.2, 0) is 9.59 Å². The molecule has 0 atom stereocenters. The van der Waals surface area contributed by atoms with Gasteiger partial charge >= 0.3 is 0 Å². The van der Waals surface area contributed by atoms with Gasteiger partial charge in [0.2, 0.25) is 0 Å². The lowest BCUT2D eigenvalue weighted by atomic mass is 9.98. The van der Waals surface area contributed by atoms with Crippen LogP contribution < -0.4 is 9.06 Å². The molecule has 2 aliphatic carbocycles. The highest BCUT2D eigenvalue weighted by Gasteiger charge is 2.22. The second-order valence-corrected chi connectivity index (χ2v) is 14.6. The van der Waals surface area contributed by atoms with Gasteiger partial charge in [-0.15, -0.1) is 22.7 Å². The number of fused-ring (bicyclic) bond motifs is 8. The fourth-order valence-electron chi connectivity index (χ4n) is 6.78. The fourth-order valence-corrected chi connectivity index (χ4v) is 9.12. The summed E-state index contributed by atoms with van der Waals surface area (Å²) in [6.07, 6.45) is 13.6. The first-order chi connectivity index (χ1) is 25.4. The maximum Gasteiger partial charge on any atom is 0.178 e. The predicted molar refractivity (Wildman–Crippen MR) is 204 cm³/mol. The molecule has 1 aliphatic heterocycles. The molecule has 0 fully saturated rings. The van der Waals surface area contributed by atoms with Crippen molar-refractivity contribution in [3.8, 4) is 0 Å². The largest absolute Gasteiger partial charge is 0.354 e. The minimum absolute atomic E-state index is 0.0752. The third-order valence-electron chi connectivity index (χ3n) is 9.20. The van der Waals surface area contributed by atoms with E-state index >= 15 is 0 Å². The summed E-state index contributed by atoms with van der Waals surface area (Å²) >= 11 is 3.20. The van der Waals surface area contributed by atoms with Crippen LogP contribution in [0.1, 0.15) is 43.7 Å². The Hall–Kier alpha value is -6.22. The molecule has 0 saturated heterocycles. The van der Waals surface area contributed by atoms with Crippen LogP contribution in [0.2, 0.25) is 0 Å². The van der Waals surface area contributed by atoms with E-state index in [1.165, 1.54) is 24.3 Å². The molecule has 3 aliphatic rings. The van der Waals surface area contributed by atoms with Crippen molar-refractivity contribution in [3.05, 3.63) is 221 Å². The summed E-state index contributed by atoms with van der Waals surface area (Å²) in [5.41, 5.74) is 10.5. The molecule has 250 valence electrons. The fraction of sp³-hybridized carbons (Fsp3) is 0. The van der Waals surface area contributed by atoms with Crippen molar-refractivity contribution in [1.82, 2.24) is 9.97 Å². The molecule has 5 heterocycles. The zero-order valence-electron chi connectivity index (χ0n) is 27.2. The number of H-pyrrole nitrogens is 2.